The highest BCUT2D eigenvalue weighted by Crippen LogP contribution is 2.04. The molecule has 0 saturated heterocycles. The fourth-order valence-electron chi connectivity index (χ4n) is 2.08. The third-order valence-electron chi connectivity index (χ3n) is 3.38. The Morgan fingerprint density at radius 1 is 1.12 bits per heavy atom. The van der Waals surface area contributed by atoms with Gasteiger partial charge in [0.05, 0.1) is 6.33 Å². The van der Waals surface area contributed by atoms with Gasteiger partial charge in [0.2, 0.25) is 0 Å². The van der Waals surface area contributed by atoms with Gasteiger partial charge in [0, 0.05) is 16.9 Å². The summed E-state index contributed by atoms with van der Waals surface area (Å²) in [4.78, 5) is 6.81. The molecule has 3 aromatic rings. The Morgan fingerprint density at radius 2 is 1.96 bits per heavy atom. The normalized spacial score (nSPS) is 10.2. The van der Waals surface area contributed by atoms with Crippen LogP contribution in [-0.4, -0.2) is 17.2 Å². The number of allylic oxidation sites excluding steroid dienone is 1. The van der Waals surface area contributed by atoms with E-state index in [0.29, 0.717) is 0 Å². The van der Waals surface area contributed by atoms with E-state index in [9.17, 15) is 0 Å². The van der Waals surface area contributed by atoms with E-state index in [1.54, 1.807) is 6.33 Å². The van der Waals surface area contributed by atoms with E-state index >= 15 is 0 Å². The average Bonchev–Trinajstić information content (AvgIpc) is 3.14. The Kier molecular flexibility index (Phi) is 7.92. The molecule has 121 valence electrons. The number of imidazole rings is 1. The quantitative estimate of drug-likeness (QED) is 0.668. The molecular weight excluding hydrogens is 314 g/mol. The molecule has 1 radical (unpaired) electrons. The Morgan fingerprint density at radius 3 is 2.58 bits per heavy atom. The first-order valence-corrected chi connectivity index (χ1v) is 8.43. The van der Waals surface area contributed by atoms with E-state index in [1.807, 2.05) is 42.6 Å². The van der Waals surface area contributed by atoms with Crippen molar-refractivity contribution in [3.05, 3.63) is 89.5 Å². The molecule has 0 bridgehead atoms. The van der Waals surface area contributed by atoms with Crippen molar-refractivity contribution in [1.82, 2.24) is 9.97 Å². The molecule has 0 aliphatic carbocycles. The molecule has 0 aliphatic heterocycles. The maximum Gasteiger partial charge on any atom is 0.155 e. The molecule has 24 heavy (non-hydrogen) atoms. The summed E-state index contributed by atoms with van der Waals surface area (Å²) < 4.78 is 0. The van der Waals surface area contributed by atoms with Crippen molar-refractivity contribution in [1.29, 1.82) is 0 Å². The van der Waals surface area contributed by atoms with Gasteiger partial charge in [0.1, 0.15) is 0 Å². The SMILES string of the molecule is CCc1cnc[nH]1.Clc1cccc([B]CC=Cc2ccccc2)c1. The number of aromatic nitrogens is 2. The number of rotatable bonds is 5. The van der Waals surface area contributed by atoms with Crippen molar-refractivity contribution < 1.29 is 0 Å². The molecule has 0 aliphatic rings. The van der Waals surface area contributed by atoms with E-state index < -0.39 is 0 Å². The van der Waals surface area contributed by atoms with Crippen LogP contribution in [0, 0.1) is 0 Å². The standard InChI is InChI=1S/C15H13BCl.C5H8N2/c17-15-10-4-9-14(12-15)16-11-5-8-13-6-2-1-3-7-13;1-2-5-3-6-4-7-5/h1-10,12H,11H2;3-4H,2H2,1H3,(H,6,7). The van der Waals surface area contributed by atoms with Crippen LogP contribution in [0.1, 0.15) is 18.2 Å². The van der Waals surface area contributed by atoms with Gasteiger partial charge in [-0.15, -0.1) is 0 Å². The van der Waals surface area contributed by atoms with Crippen molar-refractivity contribution in [2.24, 2.45) is 0 Å². The first kappa shape index (κ1) is 18.1. The maximum atomic E-state index is 5.92. The van der Waals surface area contributed by atoms with E-state index in [1.165, 1.54) is 11.3 Å². The fourth-order valence-corrected chi connectivity index (χ4v) is 2.28. The van der Waals surface area contributed by atoms with Crippen LogP contribution in [0.5, 0.6) is 0 Å². The van der Waals surface area contributed by atoms with E-state index in [-0.39, 0.29) is 0 Å². The van der Waals surface area contributed by atoms with Crippen LogP contribution in [0.3, 0.4) is 0 Å². The molecule has 0 atom stereocenters. The molecule has 0 saturated carbocycles. The summed E-state index contributed by atoms with van der Waals surface area (Å²) in [6.45, 7) is 2.09. The van der Waals surface area contributed by atoms with Crippen LogP contribution < -0.4 is 5.46 Å². The molecule has 4 heteroatoms. The second-order valence-electron chi connectivity index (χ2n) is 5.24. The first-order chi connectivity index (χ1) is 11.8. The van der Waals surface area contributed by atoms with Gasteiger partial charge in [0.25, 0.3) is 0 Å². The number of halogens is 1. The number of nitrogens with one attached hydrogen (secondary N) is 1. The summed E-state index contributed by atoms with van der Waals surface area (Å²) in [5, 5.41) is 0.783. The number of aromatic amines is 1. The largest absolute Gasteiger partial charge is 0.349 e. The number of hydrogen-bond donors (Lipinski definition) is 1. The highest BCUT2D eigenvalue weighted by Gasteiger charge is 1.94. The number of aryl methyl sites for hydroxylation is 1. The molecule has 1 N–H and O–H groups in total. The number of hydrogen-bond acceptors (Lipinski definition) is 1. The highest BCUT2D eigenvalue weighted by atomic mass is 35.5. The van der Waals surface area contributed by atoms with Crippen LogP contribution in [0.2, 0.25) is 11.3 Å². The summed E-state index contributed by atoms with van der Waals surface area (Å²) in [5.41, 5.74) is 3.59. The van der Waals surface area contributed by atoms with Crippen LogP contribution >= 0.6 is 11.6 Å². The third-order valence-corrected chi connectivity index (χ3v) is 3.62. The van der Waals surface area contributed by atoms with Crippen molar-refractivity contribution in [3.8, 4) is 0 Å². The summed E-state index contributed by atoms with van der Waals surface area (Å²) in [6.07, 6.45) is 9.76. The molecular formula is C20H21BClN2. The molecule has 1 aromatic heterocycles. The minimum Gasteiger partial charge on any atom is -0.349 e. The van der Waals surface area contributed by atoms with Crippen molar-refractivity contribution in [2.75, 3.05) is 0 Å². The molecule has 3 rings (SSSR count). The van der Waals surface area contributed by atoms with E-state index in [0.717, 1.165) is 23.2 Å². The maximum absolute atomic E-state index is 5.92. The molecule has 0 spiro atoms. The van der Waals surface area contributed by atoms with Crippen molar-refractivity contribution in [2.45, 2.75) is 19.7 Å². The molecule has 1 heterocycles. The third kappa shape index (κ3) is 6.88. The van der Waals surface area contributed by atoms with Gasteiger partial charge in [-0.1, -0.05) is 84.9 Å². The minimum atomic E-state index is 0.783. The molecule has 2 aromatic carbocycles. The van der Waals surface area contributed by atoms with Crippen LogP contribution in [0.4, 0.5) is 0 Å². The Bertz CT molecular complexity index is 724. The Balaban J connectivity index is 0.000000249. The van der Waals surface area contributed by atoms with Gasteiger partial charge in [-0.3, -0.25) is 0 Å². The lowest BCUT2D eigenvalue weighted by molar-refractivity contribution is 1.06. The fraction of sp³-hybridized carbons (Fsp3) is 0.150. The summed E-state index contributed by atoms with van der Waals surface area (Å²) in [6, 6.07) is 18.2. The molecule has 0 amide bonds. The zero-order chi connectivity index (χ0) is 17.0. The lowest BCUT2D eigenvalue weighted by Crippen LogP contribution is -2.11. The summed E-state index contributed by atoms with van der Waals surface area (Å²) >= 11 is 5.92. The molecule has 0 unspecified atom stereocenters. The highest BCUT2D eigenvalue weighted by molar-refractivity contribution is 6.54. The van der Waals surface area contributed by atoms with Crippen LogP contribution in [-0.2, 0) is 6.42 Å². The van der Waals surface area contributed by atoms with Crippen LogP contribution in [0.15, 0.2) is 73.2 Å². The van der Waals surface area contributed by atoms with Gasteiger partial charge in [-0.05, 0) is 24.1 Å². The average molecular weight is 336 g/mol. The second kappa shape index (κ2) is 10.5. The van der Waals surface area contributed by atoms with Gasteiger partial charge < -0.3 is 4.98 Å². The van der Waals surface area contributed by atoms with Gasteiger partial charge in [-0.25, -0.2) is 4.98 Å². The predicted octanol–water partition coefficient (Wildman–Crippen LogP) is 4.77. The van der Waals surface area contributed by atoms with Crippen molar-refractivity contribution >= 4 is 30.4 Å². The van der Waals surface area contributed by atoms with Gasteiger partial charge in [-0.2, -0.15) is 0 Å². The Hall–Kier alpha value is -2.26. The molecule has 2 nitrogen and oxygen atoms in total. The first-order valence-electron chi connectivity index (χ1n) is 8.05. The number of H-pyrrole nitrogens is 1. The zero-order valence-corrected chi connectivity index (χ0v) is 14.6. The zero-order valence-electron chi connectivity index (χ0n) is 13.8. The lowest BCUT2D eigenvalue weighted by atomic mass is 9.67. The topological polar surface area (TPSA) is 28.7 Å². The second-order valence-corrected chi connectivity index (χ2v) is 5.67. The van der Waals surface area contributed by atoms with E-state index in [4.69, 9.17) is 11.6 Å². The number of benzene rings is 2. The lowest BCUT2D eigenvalue weighted by Gasteiger charge is -1.97. The Labute approximate surface area is 149 Å². The molecule has 0 fully saturated rings. The van der Waals surface area contributed by atoms with Gasteiger partial charge >= 0.3 is 0 Å². The van der Waals surface area contributed by atoms with Crippen LogP contribution in [0.25, 0.3) is 6.08 Å². The van der Waals surface area contributed by atoms with Gasteiger partial charge in [0.15, 0.2) is 7.28 Å². The van der Waals surface area contributed by atoms with E-state index in [2.05, 4.69) is 54.5 Å². The smallest absolute Gasteiger partial charge is 0.155 e. The van der Waals surface area contributed by atoms with Crippen molar-refractivity contribution in [3.63, 3.8) is 0 Å². The minimum absolute atomic E-state index is 0.783. The predicted molar refractivity (Wildman–Crippen MR) is 105 cm³/mol. The summed E-state index contributed by atoms with van der Waals surface area (Å²) in [5.74, 6) is 0. The monoisotopic (exact) mass is 335 g/mol. The summed E-state index contributed by atoms with van der Waals surface area (Å²) in [7, 11) is 2.16. The number of nitrogens with zero attached hydrogens (tertiary/aromatic N) is 1.